The van der Waals surface area contributed by atoms with Crippen molar-refractivity contribution in [2.75, 3.05) is 6.61 Å². The quantitative estimate of drug-likeness (QED) is 0.414. The van der Waals surface area contributed by atoms with E-state index in [1.54, 1.807) is 6.07 Å². The predicted molar refractivity (Wildman–Crippen MR) is 82.2 cm³/mol. The van der Waals surface area contributed by atoms with E-state index in [2.05, 4.69) is 54.6 Å². The van der Waals surface area contributed by atoms with E-state index < -0.39 is 0 Å². The van der Waals surface area contributed by atoms with Gasteiger partial charge in [-0.1, -0.05) is 0 Å². The molecule has 0 heterocycles. The fraction of sp³-hybridized carbons (Fsp3) is 0.200. The van der Waals surface area contributed by atoms with Crippen molar-refractivity contribution in [1.82, 2.24) is 5.43 Å². The molecule has 18 heavy (non-hydrogen) atoms. The fourth-order valence-corrected chi connectivity index (χ4v) is 2.02. The summed E-state index contributed by atoms with van der Waals surface area (Å²) in [5.74, 6) is 0.396. The second-order valence-electron chi connectivity index (χ2n) is 3.11. The first-order chi connectivity index (χ1) is 8.47. The van der Waals surface area contributed by atoms with E-state index in [0.29, 0.717) is 26.9 Å². The van der Waals surface area contributed by atoms with Gasteiger partial charge in [0.25, 0.3) is 0 Å². The maximum atomic E-state index is 9.84. The van der Waals surface area contributed by atoms with Gasteiger partial charge in [-0.3, -0.25) is 5.43 Å². The zero-order valence-corrected chi connectivity index (χ0v) is 13.4. The third kappa shape index (κ3) is 3.82. The molecule has 0 amide bonds. The van der Waals surface area contributed by atoms with Crippen LogP contribution in [0.2, 0.25) is 0 Å². The highest BCUT2D eigenvalue weighted by Crippen LogP contribution is 2.41. The van der Waals surface area contributed by atoms with Gasteiger partial charge < -0.3 is 15.6 Å². The van der Waals surface area contributed by atoms with Crippen molar-refractivity contribution in [2.24, 2.45) is 10.8 Å². The van der Waals surface area contributed by atoms with Crippen molar-refractivity contribution in [3.05, 3.63) is 20.6 Å². The molecular formula is C10H11Br2N3O2S. The molecule has 1 rings (SSSR count). The van der Waals surface area contributed by atoms with E-state index in [4.69, 9.17) is 10.5 Å². The highest BCUT2D eigenvalue weighted by Gasteiger charge is 2.14. The minimum absolute atomic E-state index is 0.0307. The predicted octanol–water partition coefficient (Wildman–Crippen LogP) is 2.48. The number of hydrogen-bond acceptors (Lipinski definition) is 4. The number of hydrazone groups is 1. The number of aromatic hydroxyl groups is 1. The molecule has 0 unspecified atom stereocenters. The van der Waals surface area contributed by atoms with Crippen LogP contribution in [0.3, 0.4) is 0 Å². The van der Waals surface area contributed by atoms with Crippen LogP contribution in [0.4, 0.5) is 0 Å². The average molecular weight is 397 g/mol. The van der Waals surface area contributed by atoms with Gasteiger partial charge in [0.2, 0.25) is 0 Å². The third-order valence-electron chi connectivity index (χ3n) is 1.85. The lowest BCUT2D eigenvalue weighted by Crippen LogP contribution is -2.24. The first kappa shape index (κ1) is 15.2. The summed E-state index contributed by atoms with van der Waals surface area (Å²) in [7, 11) is 0. The van der Waals surface area contributed by atoms with Crippen LogP contribution >= 0.6 is 44.1 Å². The lowest BCUT2D eigenvalue weighted by Gasteiger charge is -2.10. The summed E-state index contributed by atoms with van der Waals surface area (Å²) in [6.07, 6.45) is 1.51. The third-order valence-corrected chi connectivity index (χ3v) is 4.10. The van der Waals surface area contributed by atoms with E-state index in [1.165, 1.54) is 6.21 Å². The maximum absolute atomic E-state index is 9.84. The number of hydrogen-bond donors (Lipinski definition) is 3. The van der Waals surface area contributed by atoms with Crippen molar-refractivity contribution in [3.63, 3.8) is 0 Å². The molecule has 4 N–H and O–H groups in total. The van der Waals surface area contributed by atoms with E-state index in [9.17, 15) is 5.11 Å². The Kier molecular flexibility index (Phi) is 5.83. The number of phenolic OH excluding ortho intramolecular Hbond substituents is 1. The normalized spacial score (nSPS) is 10.6. The minimum atomic E-state index is 0.0307. The van der Waals surface area contributed by atoms with Gasteiger partial charge in [-0.05, 0) is 57.1 Å². The average Bonchev–Trinajstić information content (AvgIpc) is 2.32. The van der Waals surface area contributed by atoms with E-state index in [-0.39, 0.29) is 10.9 Å². The molecule has 0 aliphatic carbocycles. The molecule has 0 aliphatic heterocycles. The van der Waals surface area contributed by atoms with Crippen molar-refractivity contribution in [2.45, 2.75) is 6.92 Å². The van der Waals surface area contributed by atoms with E-state index >= 15 is 0 Å². The Balaban J connectivity index is 3.11. The van der Waals surface area contributed by atoms with Crippen molar-refractivity contribution in [3.8, 4) is 11.5 Å². The molecule has 8 heteroatoms. The maximum Gasteiger partial charge on any atom is 0.184 e. The number of thiocarbonyl (C=S) groups is 1. The molecule has 98 valence electrons. The number of nitrogens with one attached hydrogen (secondary N) is 1. The zero-order valence-electron chi connectivity index (χ0n) is 9.41. The lowest BCUT2D eigenvalue weighted by atomic mass is 10.2. The molecule has 0 spiro atoms. The molecule has 1 aromatic carbocycles. The molecule has 5 nitrogen and oxygen atoms in total. The number of nitrogens with zero attached hydrogens (tertiary/aromatic N) is 1. The smallest absolute Gasteiger partial charge is 0.184 e. The molecule has 0 fully saturated rings. The van der Waals surface area contributed by atoms with Crippen LogP contribution in [0.1, 0.15) is 12.5 Å². The Morgan fingerprint density at radius 1 is 1.61 bits per heavy atom. The zero-order chi connectivity index (χ0) is 13.7. The van der Waals surface area contributed by atoms with Gasteiger partial charge in [0.05, 0.1) is 17.3 Å². The van der Waals surface area contributed by atoms with Crippen LogP contribution in [-0.2, 0) is 0 Å². The molecule has 0 aromatic heterocycles. The van der Waals surface area contributed by atoms with Gasteiger partial charge in [-0.25, -0.2) is 0 Å². The summed E-state index contributed by atoms with van der Waals surface area (Å²) < 4.78 is 6.45. The lowest BCUT2D eigenvalue weighted by molar-refractivity contribution is 0.317. The Morgan fingerprint density at radius 2 is 2.28 bits per heavy atom. The van der Waals surface area contributed by atoms with E-state index in [0.717, 1.165) is 0 Å². The molecule has 0 saturated carbocycles. The molecule has 0 aliphatic rings. The van der Waals surface area contributed by atoms with Crippen LogP contribution in [-0.4, -0.2) is 23.0 Å². The Hall–Kier alpha value is -0.860. The molecule has 1 aromatic rings. The van der Waals surface area contributed by atoms with Crippen LogP contribution in [0.15, 0.2) is 20.1 Å². The molecular weight excluding hydrogens is 386 g/mol. The number of benzene rings is 1. The monoisotopic (exact) mass is 395 g/mol. The second kappa shape index (κ2) is 6.91. The Labute approximate surface area is 127 Å². The SMILES string of the molecule is CCOc1cc(C=NNC(N)=S)c(Br)c(Br)c1O. The summed E-state index contributed by atoms with van der Waals surface area (Å²) >= 11 is 11.2. The summed E-state index contributed by atoms with van der Waals surface area (Å²) in [6, 6.07) is 1.65. The second-order valence-corrected chi connectivity index (χ2v) is 5.13. The van der Waals surface area contributed by atoms with Gasteiger partial charge in [0.15, 0.2) is 16.6 Å². The van der Waals surface area contributed by atoms with Crippen molar-refractivity contribution >= 4 is 55.4 Å². The van der Waals surface area contributed by atoms with Gasteiger partial charge in [0, 0.05) is 10.0 Å². The van der Waals surface area contributed by atoms with Gasteiger partial charge in [-0.15, -0.1) is 0 Å². The summed E-state index contributed by atoms with van der Waals surface area (Å²) in [5.41, 5.74) is 8.39. The number of rotatable bonds is 4. The molecule has 0 radical (unpaired) electrons. The van der Waals surface area contributed by atoms with Crippen LogP contribution in [0, 0.1) is 0 Å². The molecule has 0 bridgehead atoms. The first-order valence-corrected chi connectivity index (χ1v) is 6.89. The van der Waals surface area contributed by atoms with Gasteiger partial charge in [-0.2, -0.15) is 5.10 Å². The highest BCUT2D eigenvalue weighted by atomic mass is 79.9. The van der Waals surface area contributed by atoms with Crippen molar-refractivity contribution in [1.29, 1.82) is 0 Å². The van der Waals surface area contributed by atoms with Crippen molar-refractivity contribution < 1.29 is 9.84 Å². The van der Waals surface area contributed by atoms with Crippen LogP contribution in [0.25, 0.3) is 0 Å². The standard InChI is InChI=1S/C10H11Br2N3O2S/c1-2-17-6-3-5(4-14-15-10(13)18)7(11)8(12)9(6)16/h3-4,16H,2H2,1H3,(H3,13,15,18). The van der Waals surface area contributed by atoms with Crippen LogP contribution in [0.5, 0.6) is 11.5 Å². The Bertz CT molecular complexity index is 495. The minimum Gasteiger partial charge on any atom is -0.503 e. The number of nitrogens with two attached hydrogens (primary N) is 1. The Morgan fingerprint density at radius 3 is 2.83 bits per heavy atom. The topological polar surface area (TPSA) is 79.9 Å². The first-order valence-electron chi connectivity index (χ1n) is 4.89. The fourth-order valence-electron chi connectivity index (χ4n) is 1.14. The largest absolute Gasteiger partial charge is 0.503 e. The summed E-state index contributed by atoms with van der Waals surface area (Å²) in [6.45, 7) is 2.28. The highest BCUT2D eigenvalue weighted by molar-refractivity contribution is 9.13. The summed E-state index contributed by atoms with van der Waals surface area (Å²) in [5, 5.41) is 13.8. The summed E-state index contributed by atoms with van der Waals surface area (Å²) in [4.78, 5) is 0. The number of ether oxygens (including phenoxy) is 1. The van der Waals surface area contributed by atoms with Gasteiger partial charge >= 0.3 is 0 Å². The number of halogens is 2. The molecule has 0 atom stereocenters. The number of phenols is 1. The molecule has 0 saturated heterocycles. The van der Waals surface area contributed by atoms with E-state index in [1.807, 2.05) is 6.92 Å². The van der Waals surface area contributed by atoms with Gasteiger partial charge in [0.1, 0.15) is 0 Å². The van der Waals surface area contributed by atoms with Crippen LogP contribution < -0.4 is 15.9 Å².